The lowest BCUT2D eigenvalue weighted by Gasteiger charge is -2.41. The van der Waals surface area contributed by atoms with Crippen molar-refractivity contribution in [3.63, 3.8) is 0 Å². The van der Waals surface area contributed by atoms with Crippen molar-refractivity contribution in [3.8, 4) is 0 Å². The number of para-hydroxylation sites is 1. The van der Waals surface area contributed by atoms with Crippen molar-refractivity contribution in [3.05, 3.63) is 29.8 Å². The number of piperazine rings is 1. The number of carbonyl (C=O) groups is 3. The van der Waals surface area contributed by atoms with E-state index in [0.29, 0.717) is 6.42 Å². The van der Waals surface area contributed by atoms with Crippen molar-refractivity contribution in [2.24, 2.45) is 5.92 Å². The Kier molecular flexibility index (Phi) is 3.20. The van der Waals surface area contributed by atoms with Gasteiger partial charge < -0.3 is 10.2 Å². The number of fused-ring (bicyclic) bond motifs is 5. The van der Waals surface area contributed by atoms with E-state index >= 15 is 0 Å². The number of hydrogen-bond donors (Lipinski definition) is 1. The molecule has 3 amide bonds. The van der Waals surface area contributed by atoms with Crippen molar-refractivity contribution in [1.82, 2.24) is 10.2 Å². The van der Waals surface area contributed by atoms with E-state index in [1.165, 1.54) is 6.92 Å². The molecule has 0 aromatic heterocycles. The standard InChI is InChI=1S/C18H21N3O3/c1-9(2)15-18(24)21-14(16(23)19-15)8-12-11-6-4-5-7-13(11)20(10(3)22)17(12)21/h4-7,9,12,14-15,17H,8H2,1-3H3,(H,19,23)/t12-,14-,15-,17-/m0/s1. The SMILES string of the molecule is CC(=O)N1c2ccccc2[C@@H]2C[C@H]3C(=O)N[C@@H](C(C)C)C(=O)N3[C@@H]21. The van der Waals surface area contributed by atoms with Crippen LogP contribution in [0.1, 0.15) is 38.7 Å². The summed E-state index contributed by atoms with van der Waals surface area (Å²) >= 11 is 0. The lowest BCUT2D eigenvalue weighted by molar-refractivity contribution is -0.150. The molecule has 1 N–H and O–H groups in total. The first kappa shape index (κ1) is 15.2. The summed E-state index contributed by atoms with van der Waals surface area (Å²) in [6, 6.07) is 6.74. The molecule has 0 aliphatic carbocycles. The average Bonchev–Trinajstić information content (AvgIpc) is 3.05. The van der Waals surface area contributed by atoms with E-state index in [4.69, 9.17) is 0 Å². The van der Waals surface area contributed by atoms with Crippen LogP contribution < -0.4 is 10.2 Å². The Morgan fingerprint density at radius 2 is 1.96 bits per heavy atom. The van der Waals surface area contributed by atoms with E-state index < -0.39 is 12.1 Å². The third-order valence-corrected chi connectivity index (χ3v) is 5.45. The number of anilines is 1. The first-order valence-electron chi connectivity index (χ1n) is 8.43. The van der Waals surface area contributed by atoms with Crippen LogP contribution in [0.5, 0.6) is 0 Å². The van der Waals surface area contributed by atoms with Gasteiger partial charge in [-0.2, -0.15) is 0 Å². The highest BCUT2D eigenvalue weighted by Crippen LogP contribution is 2.50. The number of carbonyl (C=O) groups excluding carboxylic acids is 3. The van der Waals surface area contributed by atoms with Gasteiger partial charge in [0.15, 0.2) is 0 Å². The maximum absolute atomic E-state index is 13.0. The van der Waals surface area contributed by atoms with Crippen molar-refractivity contribution in [2.75, 3.05) is 4.90 Å². The van der Waals surface area contributed by atoms with Crippen LogP contribution in [0.4, 0.5) is 5.69 Å². The minimum Gasteiger partial charge on any atom is -0.342 e. The largest absolute Gasteiger partial charge is 0.342 e. The third-order valence-electron chi connectivity index (χ3n) is 5.45. The van der Waals surface area contributed by atoms with E-state index in [0.717, 1.165) is 11.3 Å². The van der Waals surface area contributed by atoms with Gasteiger partial charge in [-0.1, -0.05) is 32.0 Å². The van der Waals surface area contributed by atoms with E-state index in [9.17, 15) is 14.4 Å². The van der Waals surface area contributed by atoms with Gasteiger partial charge in [-0.15, -0.1) is 0 Å². The zero-order valence-corrected chi connectivity index (χ0v) is 14.0. The topological polar surface area (TPSA) is 69.7 Å². The maximum atomic E-state index is 13.0. The number of rotatable bonds is 1. The van der Waals surface area contributed by atoms with Gasteiger partial charge in [0.25, 0.3) is 0 Å². The second-order valence-corrected chi connectivity index (χ2v) is 7.20. The van der Waals surface area contributed by atoms with Crippen LogP contribution >= 0.6 is 0 Å². The molecule has 24 heavy (non-hydrogen) atoms. The Hall–Kier alpha value is -2.37. The summed E-state index contributed by atoms with van der Waals surface area (Å²) in [5, 5.41) is 2.86. The third kappa shape index (κ3) is 1.85. The number of amides is 3. The van der Waals surface area contributed by atoms with E-state index in [-0.39, 0.29) is 35.7 Å². The Morgan fingerprint density at radius 3 is 2.62 bits per heavy atom. The molecule has 0 spiro atoms. The number of nitrogens with one attached hydrogen (secondary N) is 1. The lowest BCUT2D eigenvalue weighted by Crippen LogP contribution is -2.66. The molecule has 126 valence electrons. The predicted octanol–water partition coefficient (Wildman–Crippen LogP) is 1.22. The summed E-state index contributed by atoms with van der Waals surface area (Å²) in [5.74, 6) is -0.285. The predicted molar refractivity (Wildman–Crippen MR) is 88.2 cm³/mol. The Morgan fingerprint density at radius 1 is 1.25 bits per heavy atom. The zero-order valence-electron chi connectivity index (χ0n) is 14.0. The van der Waals surface area contributed by atoms with Crippen LogP contribution in [-0.2, 0) is 14.4 Å². The molecule has 0 bridgehead atoms. The Bertz CT molecular complexity index is 745. The van der Waals surface area contributed by atoms with Gasteiger partial charge in [0.2, 0.25) is 17.7 Å². The highest BCUT2D eigenvalue weighted by molar-refractivity contribution is 6.01. The number of nitrogens with zero attached hydrogens (tertiary/aromatic N) is 2. The summed E-state index contributed by atoms with van der Waals surface area (Å²) in [6.45, 7) is 5.35. The van der Waals surface area contributed by atoms with E-state index in [1.54, 1.807) is 9.80 Å². The van der Waals surface area contributed by atoms with Crippen molar-refractivity contribution in [2.45, 2.75) is 51.4 Å². The molecule has 3 aliphatic rings. The fourth-order valence-corrected chi connectivity index (χ4v) is 4.41. The van der Waals surface area contributed by atoms with Crippen LogP contribution in [0.2, 0.25) is 0 Å². The average molecular weight is 327 g/mol. The highest BCUT2D eigenvalue weighted by Gasteiger charge is 2.58. The first-order valence-corrected chi connectivity index (χ1v) is 8.43. The van der Waals surface area contributed by atoms with Gasteiger partial charge in [-0.25, -0.2) is 0 Å². The van der Waals surface area contributed by atoms with Gasteiger partial charge in [0.1, 0.15) is 18.2 Å². The number of benzene rings is 1. The Labute approximate surface area is 140 Å². The van der Waals surface area contributed by atoms with Crippen LogP contribution in [0, 0.1) is 5.92 Å². The normalized spacial score (nSPS) is 31.0. The smallest absolute Gasteiger partial charge is 0.247 e. The first-order chi connectivity index (χ1) is 11.4. The van der Waals surface area contributed by atoms with Gasteiger partial charge in [-0.3, -0.25) is 19.3 Å². The minimum atomic E-state index is -0.523. The molecule has 0 unspecified atom stereocenters. The monoisotopic (exact) mass is 327 g/mol. The minimum absolute atomic E-state index is 0.00397. The lowest BCUT2D eigenvalue weighted by atomic mass is 9.95. The Balaban J connectivity index is 1.81. The molecule has 0 radical (unpaired) electrons. The summed E-state index contributed by atoms with van der Waals surface area (Å²) in [7, 11) is 0. The van der Waals surface area contributed by atoms with Gasteiger partial charge >= 0.3 is 0 Å². The number of hydrogen-bond acceptors (Lipinski definition) is 3. The zero-order chi connectivity index (χ0) is 17.2. The molecule has 2 fully saturated rings. The highest BCUT2D eigenvalue weighted by atomic mass is 16.2. The van der Waals surface area contributed by atoms with Gasteiger partial charge in [0, 0.05) is 18.5 Å². The van der Waals surface area contributed by atoms with Crippen molar-refractivity contribution >= 4 is 23.4 Å². The van der Waals surface area contributed by atoms with Crippen LogP contribution in [0.15, 0.2) is 24.3 Å². The molecule has 3 heterocycles. The molecule has 0 saturated carbocycles. The fraction of sp³-hybridized carbons (Fsp3) is 0.500. The van der Waals surface area contributed by atoms with Gasteiger partial charge in [0.05, 0.1) is 0 Å². The molecular weight excluding hydrogens is 306 g/mol. The van der Waals surface area contributed by atoms with Gasteiger partial charge in [-0.05, 0) is 24.0 Å². The molecule has 4 atom stereocenters. The van der Waals surface area contributed by atoms with E-state index in [2.05, 4.69) is 5.32 Å². The van der Waals surface area contributed by atoms with Crippen molar-refractivity contribution < 1.29 is 14.4 Å². The molecule has 1 aromatic rings. The van der Waals surface area contributed by atoms with Crippen LogP contribution in [0.3, 0.4) is 0 Å². The summed E-state index contributed by atoms with van der Waals surface area (Å²) in [6.07, 6.45) is 0.179. The second kappa shape index (κ2) is 5.06. The quantitative estimate of drug-likeness (QED) is 0.843. The van der Waals surface area contributed by atoms with E-state index in [1.807, 2.05) is 38.1 Å². The van der Waals surface area contributed by atoms with Crippen molar-refractivity contribution in [1.29, 1.82) is 0 Å². The molecular formula is C18H21N3O3. The second-order valence-electron chi connectivity index (χ2n) is 7.20. The van der Waals surface area contributed by atoms with Crippen LogP contribution in [0.25, 0.3) is 0 Å². The molecule has 6 nitrogen and oxygen atoms in total. The molecule has 2 saturated heterocycles. The molecule has 3 aliphatic heterocycles. The molecule has 4 rings (SSSR count). The van der Waals surface area contributed by atoms with Crippen LogP contribution in [-0.4, -0.2) is 40.9 Å². The maximum Gasteiger partial charge on any atom is 0.247 e. The molecule has 1 aromatic carbocycles. The summed E-state index contributed by atoms with van der Waals surface area (Å²) < 4.78 is 0. The summed E-state index contributed by atoms with van der Waals surface area (Å²) in [4.78, 5) is 41.2. The summed E-state index contributed by atoms with van der Waals surface area (Å²) in [5.41, 5.74) is 1.91. The molecule has 6 heteroatoms. The fourth-order valence-electron chi connectivity index (χ4n) is 4.41.